The second-order valence-corrected chi connectivity index (χ2v) is 3.72. The Morgan fingerprint density at radius 1 is 1.64 bits per heavy atom. The maximum Gasteiger partial charge on any atom is 0.407 e. The predicted molar refractivity (Wildman–Crippen MR) is 57.2 cm³/mol. The van der Waals surface area contributed by atoms with Crippen LogP contribution in [0.25, 0.3) is 0 Å². The fraction of sp³-hybridized carbons (Fsp3) is 0.667. The van der Waals surface area contributed by atoms with Crippen LogP contribution in [0.5, 0.6) is 0 Å². The van der Waals surface area contributed by atoms with E-state index in [0.29, 0.717) is 12.5 Å². The van der Waals surface area contributed by atoms with E-state index in [1.54, 1.807) is 0 Å². The van der Waals surface area contributed by atoms with Gasteiger partial charge in [-0.2, -0.15) is 0 Å². The molecule has 0 saturated heterocycles. The van der Waals surface area contributed by atoms with Gasteiger partial charge in [0.2, 0.25) is 0 Å². The SMILES string of the molecule is CC(C)COC(=O)NCC=C(F)CBr. The van der Waals surface area contributed by atoms with Crippen molar-refractivity contribution in [2.45, 2.75) is 13.8 Å². The fourth-order valence-electron chi connectivity index (χ4n) is 0.593. The first kappa shape index (κ1) is 13.4. The van der Waals surface area contributed by atoms with Crippen molar-refractivity contribution in [3.8, 4) is 0 Å². The molecule has 0 spiro atoms. The molecular formula is C9H15BrFNO2. The molecule has 0 bridgehead atoms. The first-order chi connectivity index (χ1) is 6.56. The van der Waals surface area contributed by atoms with Crippen molar-refractivity contribution in [1.82, 2.24) is 5.32 Å². The van der Waals surface area contributed by atoms with Crippen LogP contribution in [0.3, 0.4) is 0 Å². The quantitative estimate of drug-likeness (QED) is 0.778. The van der Waals surface area contributed by atoms with E-state index >= 15 is 0 Å². The molecule has 0 aliphatic rings. The molecular weight excluding hydrogens is 253 g/mol. The van der Waals surface area contributed by atoms with E-state index in [1.165, 1.54) is 6.08 Å². The largest absolute Gasteiger partial charge is 0.449 e. The van der Waals surface area contributed by atoms with Gasteiger partial charge in [-0.1, -0.05) is 29.8 Å². The average Bonchev–Trinajstić information content (AvgIpc) is 2.14. The zero-order chi connectivity index (χ0) is 11.0. The van der Waals surface area contributed by atoms with Crippen molar-refractivity contribution in [1.29, 1.82) is 0 Å². The van der Waals surface area contributed by atoms with Crippen LogP contribution in [0.4, 0.5) is 9.18 Å². The first-order valence-corrected chi connectivity index (χ1v) is 5.49. The third-order valence-electron chi connectivity index (χ3n) is 1.25. The number of amides is 1. The number of hydrogen-bond acceptors (Lipinski definition) is 2. The lowest BCUT2D eigenvalue weighted by Crippen LogP contribution is -2.25. The van der Waals surface area contributed by atoms with Gasteiger partial charge in [0.15, 0.2) is 0 Å². The van der Waals surface area contributed by atoms with E-state index in [4.69, 9.17) is 4.74 Å². The lowest BCUT2D eigenvalue weighted by molar-refractivity contribution is 0.134. The molecule has 5 heteroatoms. The number of rotatable bonds is 5. The molecule has 0 aliphatic carbocycles. The van der Waals surface area contributed by atoms with Crippen molar-refractivity contribution in [3.05, 3.63) is 11.9 Å². The Morgan fingerprint density at radius 2 is 2.29 bits per heavy atom. The zero-order valence-corrected chi connectivity index (χ0v) is 9.93. The Morgan fingerprint density at radius 3 is 2.79 bits per heavy atom. The highest BCUT2D eigenvalue weighted by atomic mass is 79.9. The number of nitrogens with one attached hydrogen (secondary N) is 1. The molecule has 1 N–H and O–H groups in total. The molecule has 3 nitrogen and oxygen atoms in total. The normalized spacial score (nSPS) is 11.6. The number of alkyl carbamates (subject to hydrolysis) is 1. The minimum atomic E-state index is -0.516. The summed E-state index contributed by atoms with van der Waals surface area (Å²) < 4.78 is 17.3. The molecule has 14 heavy (non-hydrogen) atoms. The van der Waals surface area contributed by atoms with Gasteiger partial charge < -0.3 is 10.1 Å². The predicted octanol–water partition coefficient (Wildman–Crippen LogP) is 2.62. The minimum absolute atomic E-state index is 0.147. The molecule has 0 aromatic rings. The monoisotopic (exact) mass is 267 g/mol. The molecule has 0 unspecified atom stereocenters. The number of ether oxygens (including phenoxy) is 1. The van der Waals surface area contributed by atoms with Gasteiger partial charge in [0.25, 0.3) is 0 Å². The number of carbonyl (C=O) groups excluding carboxylic acids is 1. The summed E-state index contributed by atoms with van der Waals surface area (Å²) in [5, 5.41) is 2.57. The van der Waals surface area contributed by atoms with E-state index < -0.39 is 6.09 Å². The van der Waals surface area contributed by atoms with Gasteiger partial charge >= 0.3 is 6.09 Å². The summed E-state index contributed by atoms with van der Waals surface area (Å²) in [6, 6.07) is 0. The Kier molecular flexibility index (Phi) is 7.47. The third kappa shape index (κ3) is 8.04. The lowest BCUT2D eigenvalue weighted by Gasteiger charge is -2.06. The van der Waals surface area contributed by atoms with Crippen LogP contribution in [-0.4, -0.2) is 24.6 Å². The van der Waals surface area contributed by atoms with Gasteiger partial charge in [-0.05, 0) is 12.0 Å². The molecule has 0 rings (SSSR count). The summed E-state index contributed by atoms with van der Waals surface area (Å²) in [4.78, 5) is 10.9. The molecule has 0 aliphatic heterocycles. The molecule has 0 aromatic carbocycles. The van der Waals surface area contributed by atoms with Crippen molar-refractivity contribution in [2.75, 3.05) is 18.5 Å². The average molecular weight is 268 g/mol. The summed E-state index contributed by atoms with van der Waals surface area (Å²) in [5.74, 6) is -0.00951. The van der Waals surface area contributed by atoms with Gasteiger partial charge in [-0.25, -0.2) is 9.18 Å². The summed E-state index contributed by atoms with van der Waals surface area (Å²) in [6.07, 6.45) is 0.767. The van der Waals surface area contributed by atoms with Crippen molar-refractivity contribution in [2.24, 2.45) is 5.92 Å². The first-order valence-electron chi connectivity index (χ1n) is 4.37. The maximum atomic E-state index is 12.5. The summed E-state index contributed by atoms with van der Waals surface area (Å²) in [5.41, 5.74) is 0. The van der Waals surface area contributed by atoms with Crippen LogP contribution < -0.4 is 5.32 Å². The number of allylic oxidation sites excluding steroid dienone is 1. The van der Waals surface area contributed by atoms with Crippen molar-refractivity contribution in [3.63, 3.8) is 0 Å². The van der Waals surface area contributed by atoms with Crippen LogP contribution >= 0.6 is 15.9 Å². The standard InChI is InChI=1S/C9H15BrFNO2/c1-7(2)6-14-9(13)12-4-3-8(11)5-10/h3,7H,4-6H2,1-2H3,(H,12,13). The highest BCUT2D eigenvalue weighted by molar-refractivity contribution is 9.09. The van der Waals surface area contributed by atoms with Gasteiger partial charge in [-0.15, -0.1) is 0 Å². The highest BCUT2D eigenvalue weighted by Gasteiger charge is 2.01. The number of alkyl halides is 1. The van der Waals surface area contributed by atoms with Crippen molar-refractivity contribution >= 4 is 22.0 Å². The molecule has 0 heterocycles. The van der Waals surface area contributed by atoms with E-state index in [1.807, 2.05) is 13.8 Å². The van der Waals surface area contributed by atoms with Gasteiger partial charge in [0.05, 0.1) is 11.9 Å². The molecule has 0 radical (unpaired) electrons. The topological polar surface area (TPSA) is 38.3 Å². The van der Waals surface area contributed by atoms with Crippen molar-refractivity contribution < 1.29 is 13.9 Å². The Bertz CT molecular complexity index is 207. The lowest BCUT2D eigenvalue weighted by atomic mass is 10.2. The summed E-state index contributed by atoms with van der Waals surface area (Å²) >= 11 is 2.94. The van der Waals surface area contributed by atoms with Crippen LogP contribution in [-0.2, 0) is 4.74 Å². The van der Waals surface area contributed by atoms with Gasteiger partial charge in [0, 0.05) is 6.54 Å². The number of hydrogen-bond donors (Lipinski definition) is 1. The van der Waals surface area contributed by atoms with E-state index in [9.17, 15) is 9.18 Å². The van der Waals surface area contributed by atoms with E-state index in [0.717, 1.165) is 0 Å². The molecule has 1 amide bonds. The zero-order valence-electron chi connectivity index (χ0n) is 8.35. The fourth-order valence-corrected chi connectivity index (χ4v) is 0.822. The smallest absolute Gasteiger partial charge is 0.407 e. The number of carbonyl (C=O) groups is 1. The molecule has 0 atom stereocenters. The van der Waals surface area contributed by atoms with E-state index in [-0.39, 0.29) is 17.7 Å². The second-order valence-electron chi connectivity index (χ2n) is 3.16. The van der Waals surface area contributed by atoms with Crippen LogP contribution in [0.2, 0.25) is 0 Å². The molecule has 0 saturated carbocycles. The molecule has 0 aromatic heterocycles. The third-order valence-corrected chi connectivity index (χ3v) is 1.78. The van der Waals surface area contributed by atoms with Crippen LogP contribution in [0, 0.1) is 5.92 Å². The summed E-state index contributed by atoms with van der Waals surface area (Å²) in [7, 11) is 0. The minimum Gasteiger partial charge on any atom is -0.449 e. The van der Waals surface area contributed by atoms with Crippen LogP contribution in [0.1, 0.15) is 13.8 Å². The highest BCUT2D eigenvalue weighted by Crippen LogP contribution is 1.99. The van der Waals surface area contributed by atoms with Gasteiger partial charge in [-0.3, -0.25) is 0 Å². The molecule has 0 fully saturated rings. The van der Waals surface area contributed by atoms with E-state index in [2.05, 4.69) is 21.2 Å². The Balaban J connectivity index is 3.54. The maximum absolute atomic E-state index is 12.5. The Labute approximate surface area is 91.8 Å². The molecule has 82 valence electrons. The Hall–Kier alpha value is -0.580. The van der Waals surface area contributed by atoms with Gasteiger partial charge in [0.1, 0.15) is 5.83 Å². The summed E-state index contributed by atoms with van der Waals surface area (Å²) in [6.45, 7) is 4.40. The van der Waals surface area contributed by atoms with Crippen LogP contribution in [0.15, 0.2) is 11.9 Å². The number of halogens is 2. The second kappa shape index (κ2) is 7.79.